The molecule has 6 aromatic rings. The second-order valence-electron chi connectivity index (χ2n) is 8.37. The normalized spacial score (nSPS) is 11.3. The van der Waals surface area contributed by atoms with Crippen molar-refractivity contribution in [3.8, 4) is 0 Å². The summed E-state index contributed by atoms with van der Waals surface area (Å²) in [6.45, 7) is 4.34. The molecule has 0 aliphatic rings. The van der Waals surface area contributed by atoms with E-state index in [1.807, 2.05) is 72.8 Å². The van der Waals surface area contributed by atoms with Gasteiger partial charge in [-0.1, -0.05) is 61.8 Å². The molecule has 0 aliphatic carbocycles. The Balaban J connectivity index is 0.000000142. The number of hydrogen-bond donors (Lipinski definition) is 0. The summed E-state index contributed by atoms with van der Waals surface area (Å²) in [6, 6.07) is 27.0. The van der Waals surface area contributed by atoms with Crippen molar-refractivity contribution >= 4 is 74.6 Å². The summed E-state index contributed by atoms with van der Waals surface area (Å²) in [7, 11) is 0. The summed E-state index contributed by atoms with van der Waals surface area (Å²) < 4.78 is 4.20. The van der Waals surface area contributed by atoms with E-state index < -0.39 is 0 Å². The number of fused-ring (bicyclic) bond motifs is 4. The van der Waals surface area contributed by atoms with Gasteiger partial charge in [0.2, 0.25) is 0 Å². The highest BCUT2D eigenvalue weighted by Gasteiger charge is 2.10. The van der Waals surface area contributed by atoms with Gasteiger partial charge in [-0.3, -0.25) is 9.59 Å². The molecule has 0 N–H and O–H groups in total. The van der Waals surface area contributed by atoms with E-state index >= 15 is 0 Å². The fourth-order valence-electron chi connectivity index (χ4n) is 4.08. The van der Waals surface area contributed by atoms with Crippen LogP contribution in [0.4, 0.5) is 0 Å². The predicted octanol–water partition coefficient (Wildman–Crippen LogP) is 8.61. The SMILES string of the molecule is CC(C)c1cccc2c(=O)c3ccccc3sc12.O=c1c2ccccc2sc2ccc(Cl)cc12. The first kappa shape index (κ1) is 22.7. The van der Waals surface area contributed by atoms with E-state index in [4.69, 9.17) is 11.6 Å². The molecule has 0 bridgehead atoms. The molecule has 4 aromatic carbocycles. The van der Waals surface area contributed by atoms with Gasteiger partial charge in [-0.2, -0.15) is 0 Å². The molecule has 2 nitrogen and oxygen atoms in total. The highest BCUT2D eigenvalue weighted by atomic mass is 35.5. The Labute approximate surface area is 209 Å². The topological polar surface area (TPSA) is 34.1 Å². The highest BCUT2D eigenvalue weighted by Crippen LogP contribution is 2.31. The van der Waals surface area contributed by atoms with Gasteiger partial charge < -0.3 is 0 Å². The van der Waals surface area contributed by atoms with Crippen LogP contribution < -0.4 is 10.9 Å². The quantitative estimate of drug-likeness (QED) is 0.212. The van der Waals surface area contributed by atoms with Crippen LogP contribution in [0.1, 0.15) is 25.3 Å². The molecule has 2 aromatic heterocycles. The molecular formula is C29H21ClO2S2. The smallest absolute Gasteiger partial charge is 0.195 e. The maximum absolute atomic E-state index is 12.5. The second-order valence-corrected chi connectivity index (χ2v) is 10.9. The zero-order chi connectivity index (χ0) is 23.8. The second kappa shape index (κ2) is 9.30. The van der Waals surface area contributed by atoms with E-state index in [0.717, 1.165) is 35.0 Å². The van der Waals surface area contributed by atoms with Crippen LogP contribution in [-0.2, 0) is 0 Å². The van der Waals surface area contributed by atoms with Gasteiger partial charge in [-0.05, 0) is 60.0 Å². The summed E-state index contributed by atoms with van der Waals surface area (Å²) in [6.07, 6.45) is 0. The summed E-state index contributed by atoms with van der Waals surface area (Å²) in [5, 5.41) is 3.76. The van der Waals surface area contributed by atoms with E-state index in [-0.39, 0.29) is 10.9 Å². The Morgan fingerprint density at radius 3 is 1.85 bits per heavy atom. The fraction of sp³-hybridized carbons (Fsp3) is 0.103. The molecule has 0 saturated heterocycles. The maximum Gasteiger partial charge on any atom is 0.195 e. The van der Waals surface area contributed by atoms with Crippen molar-refractivity contribution in [2.45, 2.75) is 19.8 Å². The number of hydrogen-bond acceptors (Lipinski definition) is 4. The molecule has 0 radical (unpaired) electrons. The van der Waals surface area contributed by atoms with Crippen LogP contribution in [0, 0.1) is 0 Å². The van der Waals surface area contributed by atoms with Gasteiger partial charge in [0.25, 0.3) is 0 Å². The zero-order valence-electron chi connectivity index (χ0n) is 18.7. The third-order valence-electron chi connectivity index (χ3n) is 5.79. The van der Waals surface area contributed by atoms with E-state index in [0.29, 0.717) is 16.3 Å². The van der Waals surface area contributed by atoms with Crippen molar-refractivity contribution in [1.29, 1.82) is 0 Å². The van der Waals surface area contributed by atoms with Gasteiger partial charge >= 0.3 is 0 Å². The van der Waals surface area contributed by atoms with Gasteiger partial charge in [0.1, 0.15) is 0 Å². The molecule has 6 rings (SSSR count). The van der Waals surface area contributed by atoms with Crippen LogP contribution in [0.3, 0.4) is 0 Å². The molecule has 0 spiro atoms. The van der Waals surface area contributed by atoms with Crippen LogP contribution in [0.2, 0.25) is 5.02 Å². The van der Waals surface area contributed by atoms with Crippen LogP contribution in [-0.4, -0.2) is 0 Å². The van der Waals surface area contributed by atoms with Crippen LogP contribution >= 0.6 is 34.3 Å². The molecule has 0 unspecified atom stereocenters. The minimum atomic E-state index is 0.0619. The molecule has 5 heteroatoms. The monoisotopic (exact) mass is 500 g/mol. The first-order valence-electron chi connectivity index (χ1n) is 11.0. The molecule has 0 saturated carbocycles. The van der Waals surface area contributed by atoms with Gasteiger partial charge in [0.15, 0.2) is 10.9 Å². The van der Waals surface area contributed by atoms with Gasteiger partial charge in [0.05, 0.1) is 0 Å². The molecule has 0 atom stereocenters. The predicted molar refractivity (Wildman–Crippen MR) is 150 cm³/mol. The lowest BCUT2D eigenvalue weighted by Gasteiger charge is -2.09. The van der Waals surface area contributed by atoms with Gasteiger partial charge in [-0.15, -0.1) is 22.7 Å². The Morgan fingerprint density at radius 1 is 0.618 bits per heavy atom. The number of halogens is 1. The number of rotatable bonds is 1. The maximum atomic E-state index is 12.5. The lowest BCUT2D eigenvalue weighted by molar-refractivity contribution is 0.878. The summed E-state index contributed by atoms with van der Waals surface area (Å²) >= 11 is 9.24. The van der Waals surface area contributed by atoms with E-state index in [9.17, 15) is 9.59 Å². The largest absolute Gasteiger partial charge is 0.289 e. The molecular weight excluding hydrogens is 480 g/mol. The summed E-state index contributed by atoms with van der Waals surface area (Å²) in [4.78, 5) is 24.7. The highest BCUT2D eigenvalue weighted by molar-refractivity contribution is 7.25. The number of benzene rings is 4. The van der Waals surface area contributed by atoms with Crippen molar-refractivity contribution in [3.05, 3.63) is 116 Å². The minimum Gasteiger partial charge on any atom is -0.289 e. The summed E-state index contributed by atoms with van der Waals surface area (Å²) in [5.74, 6) is 0.436. The Morgan fingerprint density at radius 2 is 1.18 bits per heavy atom. The molecule has 0 amide bonds. The van der Waals surface area contributed by atoms with Crippen LogP contribution in [0.5, 0.6) is 0 Å². The summed E-state index contributed by atoms with van der Waals surface area (Å²) in [5.41, 5.74) is 1.48. The minimum absolute atomic E-state index is 0.0619. The van der Waals surface area contributed by atoms with Crippen LogP contribution in [0.25, 0.3) is 40.3 Å². The molecule has 34 heavy (non-hydrogen) atoms. The van der Waals surface area contributed by atoms with Crippen molar-refractivity contribution in [3.63, 3.8) is 0 Å². The van der Waals surface area contributed by atoms with Crippen LogP contribution in [0.15, 0.2) is 94.5 Å². The molecule has 0 fully saturated rings. The molecule has 2 heterocycles. The van der Waals surface area contributed by atoms with Crippen molar-refractivity contribution in [2.75, 3.05) is 0 Å². The third-order valence-corrected chi connectivity index (χ3v) is 8.42. The molecule has 0 aliphatic heterocycles. The Bertz CT molecular complexity index is 1800. The average Bonchev–Trinajstić information content (AvgIpc) is 2.85. The lowest BCUT2D eigenvalue weighted by atomic mass is 10.0. The first-order valence-corrected chi connectivity index (χ1v) is 13.0. The standard InChI is InChI=1S/C16H14OS.C13H7ClOS/c1-10(2)11-7-5-8-13-15(17)12-6-3-4-9-14(12)18-16(11)13;14-8-5-6-12-10(7-8)13(15)9-3-1-2-4-11(9)16-12/h3-10H,1-2H3;1-7H. The van der Waals surface area contributed by atoms with Crippen molar-refractivity contribution in [2.24, 2.45) is 0 Å². The first-order chi connectivity index (χ1) is 16.4. The van der Waals surface area contributed by atoms with E-state index in [1.54, 1.807) is 28.7 Å². The van der Waals surface area contributed by atoms with E-state index in [1.165, 1.54) is 5.56 Å². The average molecular weight is 501 g/mol. The fourth-order valence-corrected chi connectivity index (χ4v) is 6.63. The van der Waals surface area contributed by atoms with Crippen molar-refractivity contribution in [1.82, 2.24) is 0 Å². The van der Waals surface area contributed by atoms with E-state index in [2.05, 4.69) is 19.9 Å². The van der Waals surface area contributed by atoms with Gasteiger partial charge in [-0.25, -0.2) is 0 Å². The Kier molecular flexibility index (Phi) is 6.22. The lowest BCUT2D eigenvalue weighted by Crippen LogP contribution is -2.02. The zero-order valence-corrected chi connectivity index (χ0v) is 21.1. The van der Waals surface area contributed by atoms with Crippen molar-refractivity contribution < 1.29 is 0 Å². The third kappa shape index (κ3) is 4.14. The molecule has 168 valence electrons. The Hall–Kier alpha value is -3.05. The van der Waals surface area contributed by atoms with Gasteiger partial charge in [0, 0.05) is 45.4 Å².